The summed E-state index contributed by atoms with van der Waals surface area (Å²) in [4.78, 5) is 40.0. The Morgan fingerprint density at radius 2 is 1.82 bits per heavy atom. The lowest BCUT2D eigenvalue weighted by molar-refractivity contribution is 0.122. The first kappa shape index (κ1) is 21.0. The Kier molecular flexibility index (Phi) is 5.43. The molecule has 2 N–H and O–H groups in total. The Hall–Kier alpha value is -3.92. The van der Waals surface area contributed by atoms with Crippen molar-refractivity contribution in [2.24, 2.45) is 0 Å². The lowest BCUT2D eigenvalue weighted by Gasteiger charge is -2.27. The number of H-pyrrole nitrogens is 1. The van der Waals surface area contributed by atoms with Crippen LogP contribution >= 0.6 is 0 Å². The molecule has 4 aromatic rings. The first-order valence-corrected chi connectivity index (χ1v) is 10.8. The van der Waals surface area contributed by atoms with Crippen molar-refractivity contribution in [1.82, 2.24) is 29.9 Å². The van der Waals surface area contributed by atoms with Gasteiger partial charge in [-0.1, -0.05) is 12.1 Å². The van der Waals surface area contributed by atoms with Crippen molar-refractivity contribution in [2.45, 2.75) is 20.8 Å². The third kappa shape index (κ3) is 4.37. The van der Waals surface area contributed by atoms with Gasteiger partial charge in [0.05, 0.1) is 35.8 Å². The number of aryl methyl sites for hydroxylation is 3. The van der Waals surface area contributed by atoms with Crippen LogP contribution in [0.25, 0.3) is 22.2 Å². The molecular formula is C23H24N8O2. The number of rotatable bonds is 4. The van der Waals surface area contributed by atoms with Crippen LogP contribution in [0.2, 0.25) is 0 Å². The maximum atomic E-state index is 12.4. The highest BCUT2D eigenvalue weighted by Crippen LogP contribution is 2.23. The summed E-state index contributed by atoms with van der Waals surface area (Å²) in [6, 6.07) is 7.47. The summed E-state index contributed by atoms with van der Waals surface area (Å²) < 4.78 is 5.39. The van der Waals surface area contributed by atoms with Gasteiger partial charge in [0.25, 0.3) is 5.56 Å². The SMILES string of the molecule is Cc1ccc2c(C)nc(Nc3nc(-c4cnc(N5CCOCC5)nc4C)cc(=O)[nH]3)nc2c1. The van der Waals surface area contributed by atoms with Gasteiger partial charge >= 0.3 is 0 Å². The van der Waals surface area contributed by atoms with Crippen LogP contribution in [0.15, 0.2) is 35.3 Å². The van der Waals surface area contributed by atoms with E-state index in [1.165, 1.54) is 6.07 Å². The molecule has 33 heavy (non-hydrogen) atoms. The van der Waals surface area contributed by atoms with E-state index in [0.29, 0.717) is 36.4 Å². The number of fused-ring (bicyclic) bond motifs is 1. The second-order valence-corrected chi connectivity index (χ2v) is 8.03. The van der Waals surface area contributed by atoms with E-state index in [-0.39, 0.29) is 11.5 Å². The van der Waals surface area contributed by atoms with E-state index in [4.69, 9.17) is 4.74 Å². The first-order chi connectivity index (χ1) is 16.0. The van der Waals surface area contributed by atoms with Crippen LogP contribution in [0.4, 0.5) is 17.8 Å². The van der Waals surface area contributed by atoms with Crippen LogP contribution in [-0.4, -0.2) is 56.2 Å². The van der Waals surface area contributed by atoms with Crippen LogP contribution < -0.4 is 15.8 Å². The summed E-state index contributed by atoms with van der Waals surface area (Å²) in [5, 5.41) is 4.02. The lowest BCUT2D eigenvalue weighted by atomic mass is 10.1. The number of nitrogens with one attached hydrogen (secondary N) is 2. The minimum Gasteiger partial charge on any atom is -0.378 e. The van der Waals surface area contributed by atoms with E-state index in [1.807, 2.05) is 39.0 Å². The molecule has 0 aliphatic carbocycles. The van der Waals surface area contributed by atoms with Gasteiger partial charge in [0, 0.05) is 36.3 Å². The number of aromatic nitrogens is 6. The van der Waals surface area contributed by atoms with E-state index in [0.717, 1.165) is 40.9 Å². The van der Waals surface area contributed by atoms with Gasteiger partial charge in [-0.3, -0.25) is 15.1 Å². The van der Waals surface area contributed by atoms with Gasteiger partial charge in [-0.2, -0.15) is 0 Å². The zero-order valence-corrected chi connectivity index (χ0v) is 18.7. The molecule has 10 nitrogen and oxygen atoms in total. The summed E-state index contributed by atoms with van der Waals surface area (Å²) in [5.41, 5.74) is 4.37. The Labute approximate surface area is 190 Å². The largest absolute Gasteiger partial charge is 0.378 e. The molecule has 0 bridgehead atoms. The fourth-order valence-corrected chi connectivity index (χ4v) is 3.84. The van der Waals surface area contributed by atoms with Crippen molar-refractivity contribution < 1.29 is 4.74 Å². The highest BCUT2D eigenvalue weighted by atomic mass is 16.5. The van der Waals surface area contributed by atoms with Crippen molar-refractivity contribution in [3.63, 3.8) is 0 Å². The average molecular weight is 444 g/mol. The Bertz CT molecular complexity index is 1400. The van der Waals surface area contributed by atoms with Gasteiger partial charge in [-0.05, 0) is 32.4 Å². The predicted molar refractivity (Wildman–Crippen MR) is 126 cm³/mol. The molecule has 1 aromatic carbocycles. The molecular weight excluding hydrogens is 420 g/mol. The topological polar surface area (TPSA) is 122 Å². The second-order valence-electron chi connectivity index (χ2n) is 8.03. The Morgan fingerprint density at radius 3 is 2.61 bits per heavy atom. The number of hydrogen-bond acceptors (Lipinski definition) is 9. The number of aromatic amines is 1. The molecule has 168 valence electrons. The third-order valence-electron chi connectivity index (χ3n) is 5.55. The number of benzene rings is 1. The van der Waals surface area contributed by atoms with E-state index < -0.39 is 0 Å². The summed E-state index contributed by atoms with van der Waals surface area (Å²) >= 11 is 0. The Morgan fingerprint density at radius 1 is 1.00 bits per heavy atom. The van der Waals surface area contributed by atoms with Gasteiger partial charge in [0.2, 0.25) is 17.8 Å². The molecule has 3 aromatic heterocycles. The molecule has 4 heterocycles. The van der Waals surface area contributed by atoms with Crippen LogP contribution in [-0.2, 0) is 4.74 Å². The third-order valence-corrected chi connectivity index (χ3v) is 5.55. The molecule has 0 spiro atoms. The van der Waals surface area contributed by atoms with Crippen LogP contribution in [0.5, 0.6) is 0 Å². The number of morpholine rings is 1. The molecule has 0 atom stereocenters. The molecule has 0 saturated carbocycles. The van der Waals surface area contributed by atoms with Crippen LogP contribution in [0.1, 0.15) is 17.0 Å². The number of ether oxygens (including phenoxy) is 1. The molecule has 0 radical (unpaired) electrons. The first-order valence-electron chi connectivity index (χ1n) is 10.8. The van der Waals surface area contributed by atoms with Crippen molar-refractivity contribution in [1.29, 1.82) is 0 Å². The highest BCUT2D eigenvalue weighted by molar-refractivity contribution is 5.82. The molecule has 1 aliphatic rings. The van der Waals surface area contributed by atoms with E-state index in [9.17, 15) is 4.79 Å². The van der Waals surface area contributed by atoms with E-state index in [1.54, 1.807) is 6.20 Å². The standard InChI is InChI=1S/C23H24N8O2/c1-13-4-5-16-14(2)25-21(27-18(16)10-13)30-22-28-19(11-20(32)29-22)17-12-24-23(26-15(17)3)31-6-8-33-9-7-31/h4-5,10-12H,6-9H2,1-3H3,(H2,25,27,28,29,30,32). The summed E-state index contributed by atoms with van der Waals surface area (Å²) in [6.45, 7) is 8.64. The smallest absolute Gasteiger partial charge is 0.252 e. The van der Waals surface area contributed by atoms with Crippen LogP contribution in [0, 0.1) is 20.8 Å². The van der Waals surface area contributed by atoms with Crippen LogP contribution in [0.3, 0.4) is 0 Å². The fraction of sp³-hybridized carbons (Fsp3) is 0.304. The zero-order valence-electron chi connectivity index (χ0n) is 18.7. The molecule has 10 heteroatoms. The van der Waals surface area contributed by atoms with Gasteiger partial charge in [0.15, 0.2) is 0 Å². The van der Waals surface area contributed by atoms with Crippen molar-refractivity contribution in [2.75, 3.05) is 36.5 Å². The highest BCUT2D eigenvalue weighted by Gasteiger charge is 2.16. The normalized spacial score (nSPS) is 14.0. The van der Waals surface area contributed by atoms with Crippen molar-refractivity contribution >= 4 is 28.7 Å². The lowest BCUT2D eigenvalue weighted by Crippen LogP contribution is -2.37. The molecule has 0 amide bonds. The molecule has 5 rings (SSSR count). The number of nitrogens with zero attached hydrogens (tertiary/aromatic N) is 6. The fourth-order valence-electron chi connectivity index (χ4n) is 3.84. The minimum absolute atomic E-state index is 0.251. The molecule has 0 unspecified atom stereocenters. The van der Waals surface area contributed by atoms with Crippen molar-refractivity contribution in [3.8, 4) is 11.3 Å². The number of hydrogen-bond donors (Lipinski definition) is 2. The van der Waals surface area contributed by atoms with E-state index in [2.05, 4.69) is 40.1 Å². The molecule has 1 aliphatic heterocycles. The summed E-state index contributed by atoms with van der Waals surface area (Å²) in [7, 11) is 0. The monoisotopic (exact) mass is 444 g/mol. The maximum absolute atomic E-state index is 12.4. The maximum Gasteiger partial charge on any atom is 0.252 e. The number of anilines is 3. The van der Waals surface area contributed by atoms with Gasteiger partial charge in [-0.15, -0.1) is 0 Å². The van der Waals surface area contributed by atoms with Gasteiger partial charge in [0.1, 0.15) is 0 Å². The summed E-state index contributed by atoms with van der Waals surface area (Å²) in [6.07, 6.45) is 1.71. The second kappa shape index (κ2) is 8.55. The van der Waals surface area contributed by atoms with E-state index >= 15 is 0 Å². The average Bonchev–Trinajstić information content (AvgIpc) is 2.79. The summed E-state index contributed by atoms with van der Waals surface area (Å²) in [5.74, 6) is 1.26. The quantitative estimate of drug-likeness (QED) is 0.489. The zero-order chi connectivity index (χ0) is 22.9. The molecule has 1 fully saturated rings. The van der Waals surface area contributed by atoms with Gasteiger partial charge in [-0.25, -0.2) is 24.9 Å². The Balaban J connectivity index is 1.46. The predicted octanol–water partition coefficient (Wildman–Crippen LogP) is 2.68. The van der Waals surface area contributed by atoms with Gasteiger partial charge < -0.3 is 9.64 Å². The van der Waals surface area contributed by atoms with Crippen molar-refractivity contribution in [3.05, 3.63) is 57.8 Å². The molecule has 1 saturated heterocycles. The minimum atomic E-state index is -0.299.